The predicted octanol–water partition coefficient (Wildman–Crippen LogP) is 4.75. The smallest absolute Gasteiger partial charge is 0.157 e. The Hall–Kier alpha value is -0.670. The zero-order valence-corrected chi connectivity index (χ0v) is 15.4. The molecular weight excluding hydrogens is 288 g/mol. The maximum atomic E-state index is 12.9. The number of ether oxygens (including phenoxy) is 2. The molecular formula is C20H34O3. The Balaban J connectivity index is 2.07. The maximum Gasteiger partial charge on any atom is 0.157 e. The molecule has 0 unspecified atom stereocenters. The summed E-state index contributed by atoms with van der Waals surface area (Å²) < 4.78 is 11.8. The minimum Gasteiger partial charge on any atom is -0.352 e. The first kappa shape index (κ1) is 18.7. The summed E-state index contributed by atoms with van der Waals surface area (Å²) in [5.41, 5.74) is -0.162. The lowest BCUT2D eigenvalue weighted by Crippen LogP contribution is -2.45. The molecule has 0 N–H and O–H groups in total. The molecule has 23 heavy (non-hydrogen) atoms. The highest BCUT2D eigenvalue weighted by atomic mass is 16.7. The van der Waals surface area contributed by atoms with Gasteiger partial charge < -0.3 is 9.47 Å². The van der Waals surface area contributed by atoms with Crippen molar-refractivity contribution in [3.8, 4) is 0 Å². The summed E-state index contributed by atoms with van der Waals surface area (Å²) in [6.45, 7) is 14.2. The highest BCUT2D eigenvalue weighted by Crippen LogP contribution is 2.49. The Morgan fingerprint density at radius 1 is 1.30 bits per heavy atom. The number of carbonyl (C=O) groups excluding carboxylic acids is 1. The first-order valence-corrected chi connectivity index (χ1v) is 9.18. The average Bonchev–Trinajstić information content (AvgIpc) is 2.48. The highest BCUT2D eigenvalue weighted by molar-refractivity contribution is 5.86. The monoisotopic (exact) mass is 322 g/mol. The van der Waals surface area contributed by atoms with Crippen LogP contribution in [0.2, 0.25) is 0 Å². The summed E-state index contributed by atoms with van der Waals surface area (Å²) >= 11 is 0. The van der Waals surface area contributed by atoms with Gasteiger partial charge in [-0.25, -0.2) is 0 Å². The molecule has 3 heteroatoms. The lowest BCUT2D eigenvalue weighted by molar-refractivity contribution is -0.226. The Morgan fingerprint density at radius 2 is 1.96 bits per heavy atom. The molecule has 3 nitrogen and oxygen atoms in total. The van der Waals surface area contributed by atoms with Gasteiger partial charge in [-0.1, -0.05) is 33.8 Å². The van der Waals surface area contributed by atoms with E-state index < -0.39 is 0 Å². The van der Waals surface area contributed by atoms with Gasteiger partial charge in [-0.15, -0.1) is 6.58 Å². The van der Waals surface area contributed by atoms with Gasteiger partial charge in [0.05, 0.1) is 13.2 Å². The van der Waals surface area contributed by atoms with E-state index in [0.29, 0.717) is 17.6 Å². The fourth-order valence-electron chi connectivity index (χ4n) is 4.40. The Kier molecular flexibility index (Phi) is 6.07. The van der Waals surface area contributed by atoms with E-state index in [4.69, 9.17) is 9.47 Å². The first-order chi connectivity index (χ1) is 10.8. The van der Waals surface area contributed by atoms with E-state index in [9.17, 15) is 4.79 Å². The molecule has 1 saturated heterocycles. The topological polar surface area (TPSA) is 35.5 Å². The number of rotatable bonds is 6. The molecule has 0 aromatic rings. The molecule has 1 aliphatic carbocycles. The molecule has 2 fully saturated rings. The molecule has 0 aromatic heterocycles. The molecule has 0 radical (unpaired) electrons. The fraction of sp³-hybridized carbons (Fsp3) is 0.850. The lowest BCUT2D eigenvalue weighted by atomic mass is 9.58. The number of hydrogen-bond donors (Lipinski definition) is 0. The van der Waals surface area contributed by atoms with Crippen LogP contribution in [0.4, 0.5) is 0 Å². The molecule has 2 atom stereocenters. The molecule has 0 amide bonds. The first-order valence-electron chi connectivity index (χ1n) is 9.18. The number of ketones is 1. The van der Waals surface area contributed by atoms with Crippen LogP contribution in [0.25, 0.3) is 0 Å². The summed E-state index contributed by atoms with van der Waals surface area (Å²) in [6.07, 6.45) is 7.12. The normalized spacial score (nSPS) is 32.2. The van der Waals surface area contributed by atoms with Gasteiger partial charge in [-0.05, 0) is 43.9 Å². The van der Waals surface area contributed by atoms with Crippen LogP contribution in [0.15, 0.2) is 12.7 Å². The zero-order chi connectivity index (χ0) is 17.1. The molecule has 2 rings (SSSR count). The minimum absolute atomic E-state index is 0.0937. The quantitative estimate of drug-likeness (QED) is 0.662. The van der Waals surface area contributed by atoms with Crippen molar-refractivity contribution in [2.75, 3.05) is 13.2 Å². The summed E-state index contributed by atoms with van der Waals surface area (Å²) in [4.78, 5) is 12.9. The standard InChI is InChI=1S/C20H34O3/c1-6-11-20(16(15(2)3)8-7-9-17(20)21)12-10-18-22-13-19(4,5)14-23-18/h6,15-16,18H,1,7-14H2,2-5H3/t16-,20-/m0/s1. The van der Waals surface area contributed by atoms with Gasteiger partial charge in [0.25, 0.3) is 0 Å². The van der Waals surface area contributed by atoms with E-state index in [-0.39, 0.29) is 17.1 Å². The van der Waals surface area contributed by atoms with Crippen LogP contribution >= 0.6 is 0 Å². The number of hydrogen-bond acceptors (Lipinski definition) is 3. The number of allylic oxidation sites excluding steroid dienone is 1. The molecule has 1 aliphatic heterocycles. The third kappa shape index (κ3) is 4.24. The molecule has 0 spiro atoms. The summed E-state index contributed by atoms with van der Waals surface area (Å²) in [5, 5.41) is 0. The summed E-state index contributed by atoms with van der Waals surface area (Å²) in [6, 6.07) is 0. The van der Waals surface area contributed by atoms with Gasteiger partial charge in [0.1, 0.15) is 5.78 Å². The van der Waals surface area contributed by atoms with Crippen molar-refractivity contribution >= 4 is 5.78 Å². The summed E-state index contributed by atoms with van der Waals surface area (Å²) in [7, 11) is 0. The molecule has 1 heterocycles. The van der Waals surface area contributed by atoms with Crippen LogP contribution < -0.4 is 0 Å². The number of carbonyl (C=O) groups is 1. The van der Waals surface area contributed by atoms with Crippen molar-refractivity contribution in [3.05, 3.63) is 12.7 Å². The van der Waals surface area contributed by atoms with Crippen LogP contribution in [0.3, 0.4) is 0 Å². The van der Waals surface area contributed by atoms with Gasteiger partial charge in [0.2, 0.25) is 0 Å². The van der Waals surface area contributed by atoms with Crippen molar-refractivity contribution < 1.29 is 14.3 Å². The van der Waals surface area contributed by atoms with E-state index in [2.05, 4.69) is 34.3 Å². The van der Waals surface area contributed by atoms with Crippen molar-refractivity contribution in [2.24, 2.45) is 22.7 Å². The lowest BCUT2D eigenvalue weighted by Gasteiger charge is -2.45. The third-order valence-electron chi connectivity index (χ3n) is 5.64. The molecule has 0 aromatic carbocycles. The highest BCUT2D eigenvalue weighted by Gasteiger charge is 2.47. The van der Waals surface area contributed by atoms with E-state index >= 15 is 0 Å². The van der Waals surface area contributed by atoms with Gasteiger partial charge in [0, 0.05) is 17.3 Å². The van der Waals surface area contributed by atoms with E-state index in [0.717, 1.165) is 51.7 Å². The largest absolute Gasteiger partial charge is 0.352 e. The molecule has 1 saturated carbocycles. The van der Waals surface area contributed by atoms with Crippen LogP contribution in [-0.2, 0) is 14.3 Å². The second kappa shape index (κ2) is 7.48. The van der Waals surface area contributed by atoms with E-state index in [1.807, 2.05) is 6.08 Å². The van der Waals surface area contributed by atoms with Gasteiger partial charge >= 0.3 is 0 Å². The fourth-order valence-corrected chi connectivity index (χ4v) is 4.40. The van der Waals surface area contributed by atoms with Crippen LogP contribution in [0, 0.1) is 22.7 Å². The second-order valence-corrected chi connectivity index (χ2v) is 8.57. The molecule has 2 aliphatic rings. The van der Waals surface area contributed by atoms with Crippen molar-refractivity contribution in [3.63, 3.8) is 0 Å². The van der Waals surface area contributed by atoms with Crippen LogP contribution in [0.1, 0.15) is 66.2 Å². The van der Waals surface area contributed by atoms with Crippen LogP contribution in [-0.4, -0.2) is 25.3 Å². The second-order valence-electron chi connectivity index (χ2n) is 8.57. The molecule has 132 valence electrons. The van der Waals surface area contributed by atoms with Crippen LogP contribution in [0.5, 0.6) is 0 Å². The van der Waals surface area contributed by atoms with Crippen molar-refractivity contribution in [2.45, 2.75) is 72.5 Å². The Bertz CT molecular complexity index is 417. The average molecular weight is 322 g/mol. The van der Waals surface area contributed by atoms with Gasteiger partial charge in [-0.3, -0.25) is 4.79 Å². The zero-order valence-electron chi connectivity index (χ0n) is 15.4. The summed E-state index contributed by atoms with van der Waals surface area (Å²) in [5.74, 6) is 1.39. The van der Waals surface area contributed by atoms with E-state index in [1.54, 1.807) is 0 Å². The Labute approximate surface area is 141 Å². The SMILES string of the molecule is C=CC[C@@]1(CCC2OCC(C)(C)CO2)C(=O)CCC[C@H]1C(C)C. The van der Waals surface area contributed by atoms with Gasteiger partial charge in [0.15, 0.2) is 6.29 Å². The minimum atomic E-state index is -0.256. The predicted molar refractivity (Wildman–Crippen MR) is 93.1 cm³/mol. The molecule has 0 bridgehead atoms. The van der Waals surface area contributed by atoms with Gasteiger partial charge in [-0.2, -0.15) is 0 Å². The maximum absolute atomic E-state index is 12.9. The third-order valence-corrected chi connectivity index (χ3v) is 5.64. The van der Waals surface area contributed by atoms with E-state index in [1.165, 1.54) is 0 Å². The van der Waals surface area contributed by atoms with Crippen molar-refractivity contribution in [1.29, 1.82) is 0 Å². The Morgan fingerprint density at radius 3 is 2.52 bits per heavy atom. The number of Topliss-reactive ketones (excluding diaryl/α,β-unsaturated/α-hetero) is 1. The van der Waals surface area contributed by atoms with Crippen molar-refractivity contribution in [1.82, 2.24) is 0 Å².